The fourth-order valence-electron chi connectivity index (χ4n) is 2.29. The lowest BCUT2D eigenvalue weighted by Crippen LogP contribution is -1.84. The van der Waals surface area contributed by atoms with E-state index in [-0.39, 0.29) is 0 Å². The van der Waals surface area contributed by atoms with Crippen LogP contribution in [0.25, 0.3) is 0 Å². The minimum absolute atomic E-state index is 0.733. The zero-order valence-electron chi connectivity index (χ0n) is 11.8. The average Bonchev–Trinajstić information content (AvgIpc) is 2.77. The van der Waals surface area contributed by atoms with Crippen LogP contribution in [0.1, 0.15) is 76.9 Å². The van der Waals surface area contributed by atoms with Gasteiger partial charge in [0.2, 0.25) is 0 Å². The summed E-state index contributed by atoms with van der Waals surface area (Å²) in [5.41, 5.74) is 0. The fourth-order valence-corrected chi connectivity index (χ4v) is 2.48. The van der Waals surface area contributed by atoms with Crippen molar-refractivity contribution in [3.63, 3.8) is 0 Å². The van der Waals surface area contributed by atoms with Gasteiger partial charge in [-0.15, -0.1) is 12.6 Å². The molecule has 0 spiro atoms. The van der Waals surface area contributed by atoms with Crippen molar-refractivity contribution in [2.45, 2.75) is 82.6 Å². The van der Waals surface area contributed by atoms with Gasteiger partial charge in [-0.3, -0.25) is 0 Å². The molecule has 1 nitrogen and oxygen atoms in total. The Hall–Kier alpha value is -0.370. The van der Waals surface area contributed by atoms with E-state index in [9.17, 15) is 0 Å². The highest BCUT2D eigenvalue weighted by Gasteiger charge is 1.98. The van der Waals surface area contributed by atoms with Crippen LogP contribution in [0.4, 0.5) is 0 Å². The minimum atomic E-state index is 0.733. The lowest BCUT2D eigenvalue weighted by Gasteiger charge is -2.01. The van der Waals surface area contributed by atoms with Gasteiger partial charge in [-0.05, 0) is 18.6 Å². The highest BCUT2D eigenvalue weighted by Crippen LogP contribution is 2.15. The SMILES string of the molecule is CCCCCCCCCCCCc1ccc(S)o1. The molecule has 0 saturated carbocycles. The molecule has 2 heteroatoms. The van der Waals surface area contributed by atoms with Gasteiger partial charge in [-0.1, -0.05) is 64.7 Å². The molecular weight excluding hydrogens is 240 g/mol. The van der Waals surface area contributed by atoms with Gasteiger partial charge in [-0.25, -0.2) is 0 Å². The Labute approximate surface area is 118 Å². The van der Waals surface area contributed by atoms with Crippen LogP contribution in [-0.4, -0.2) is 0 Å². The van der Waals surface area contributed by atoms with Crippen LogP contribution >= 0.6 is 12.6 Å². The molecule has 0 bridgehead atoms. The molecule has 0 aliphatic rings. The molecule has 0 N–H and O–H groups in total. The van der Waals surface area contributed by atoms with Gasteiger partial charge in [0, 0.05) is 6.42 Å². The molecule has 0 saturated heterocycles. The number of furan rings is 1. The quantitative estimate of drug-likeness (QED) is 0.382. The summed E-state index contributed by atoms with van der Waals surface area (Å²) in [6.07, 6.45) is 14.9. The van der Waals surface area contributed by atoms with Gasteiger partial charge in [-0.2, -0.15) is 0 Å². The highest BCUT2D eigenvalue weighted by atomic mass is 32.1. The first kappa shape index (κ1) is 15.7. The topological polar surface area (TPSA) is 13.1 Å². The number of thiol groups is 1. The monoisotopic (exact) mass is 268 g/mol. The molecule has 0 unspecified atom stereocenters. The molecule has 0 radical (unpaired) electrons. The lowest BCUT2D eigenvalue weighted by molar-refractivity contribution is 0.424. The van der Waals surface area contributed by atoms with E-state index in [1.165, 1.54) is 64.2 Å². The van der Waals surface area contributed by atoms with Crippen molar-refractivity contribution >= 4 is 12.6 Å². The Balaban J connectivity index is 1.81. The third-order valence-corrected chi connectivity index (χ3v) is 3.66. The summed E-state index contributed by atoms with van der Waals surface area (Å²) in [5, 5.41) is 0.733. The van der Waals surface area contributed by atoms with Crippen LogP contribution in [0.15, 0.2) is 21.6 Å². The third kappa shape index (κ3) is 7.86. The highest BCUT2D eigenvalue weighted by molar-refractivity contribution is 7.80. The van der Waals surface area contributed by atoms with Crippen LogP contribution in [0.5, 0.6) is 0 Å². The van der Waals surface area contributed by atoms with Gasteiger partial charge in [0.05, 0.1) is 0 Å². The van der Waals surface area contributed by atoms with Gasteiger partial charge >= 0.3 is 0 Å². The second kappa shape index (κ2) is 10.5. The second-order valence-electron chi connectivity index (χ2n) is 5.17. The molecule has 0 aliphatic carbocycles. The summed E-state index contributed by atoms with van der Waals surface area (Å²) in [7, 11) is 0. The largest absolute Gasteiger partial charge is 0.455 e. The van der Waals surface area contributed by atoms with E-state index >= 15 is 0 Å². The Morgan fingerprint density at radius 3 is 1.89 bits per heavy atom. The molecule has 104 valence electrons. The van der Waals surface area contributed by atoms with Crippen molar-refractivity contribution in [1.82, 2.24) is 0 Å². The number of unbranched alkanes of at least 4 members (excludes halogenated alkanes) is 9. The number of aryl methyl sites for hydroxylation is 1. The maximum atomic E-state index is 5.43. The van der Waals surface area contributed by atoms with E-state index in [0.29, 0.717) is 0 Å². The average molecular weight is 268 g/mol. The van der Waals surface area contributed by atoms with Crippen LogP contribution in [0, 0.1) is 0 Å². The predicted octanol–water partition coefficient (Wildman–Crippen LogP) is 6.03. The lowest BCUT2D eigenvalue weighted by atomic mass is 10.1. The number of hydrogen-bond acceptors (Lipinski definition) is 2. The van der Waals surface area contributed by atoms with Gasteiger partial charge < -0.3 is 4.42 Å². The van der Waals surface area contributed by atoms with Crippen molar-refractivity contribution in [3.8, 4) is 0 Å². The first-order chi connectivity index (χ1) is 8.83. The molecule has 0 amide bonds. The number of hydrogen-bond donors (Lipinski definition) is 1. The van der Waals surface area contributed by atoms with E-state index < -0.39 is 0 Å². The molecule has 0 aliphatic heterocycles. The maximum absolute atomic E-state index is 5.43. The first-order valence-corrected chi connectivity index (χ1v) is 8.05. The molecule has 1 aromatic rings. The Morgan fingerprint density at radius 1 is 0.833 bits per heavy atom. The predicted molar refractivity (Wildman–Crippen MR) is 81.5 cm³/mol. The number of rotatable bonds is 11. The summed E-state index contributed by atoms with van der Waals surface area (Å²) >= 11 is 4.16. The second-order valence-corrected chi connectivity index (χ2v) is 5.61. The standard InChI is InChI=1S/C16H28OS/c1-2-3-4-5-6-7-8-9-10-11-12-15-13-14-16(18)17-15/h13-14,18H,2-12H2,1H3. The zero-order chi connectivity index (χ0) is 13.1. The Morgan fingerprint density at radius 2 is 1.39 bits per heavy atom. The molecular formula is C16H28OS. The molecule has 1 aromatic heterocycles. The van der Waals surface area contributed by atoms with Crippen molar-refractivity contribution in [1.29, 1.82) is 0 Å². The molecule has 1 rings (SSSR count). The molecule has 1 heterocycles. The summed E-state index contributed by atoms with van der Waals surface area (Å²) in [6, 6.07) is 3.96. The molecule has 0 atom stereocenters. The van der Waals surface area contributed by atoms with Crippen LogP contribution in [0.3, 0.4) is 0 Å². The third-order valence-electron chi connectivity index (χ3n) is 3.42. The van der Waals surface area contributed by atoms with Crippen LogP contribution in [-0.2, 0) is 6.42 Å². The van der Waals surface area contributed by atoms with E-state index in [4.69, 9.17) is 4.42 Å². The summed E-state index contributed by atoms with van der Waals surface area (Å²) in [5.74, 6) is 1.08. The smallest absolute Gasteiger partial charge is 0.157 e. The van der Waals surface area contributed by atoms with E-state index in [2.05, 4.69) is 19.6 Å². The van der Waals surface area contributed by atoms with Crippen molar-refractivity contribution in [3.05, 3.63) is 17.9 Å². The summed E-state index contributed by atoms with van der Waals surface area (Å²) < 4.78 is 5.43. The molecule has 0 aromatic carbocycles. The Bertz CT molecular complexity index is 293. The van der Waals surface area contributed by atoms with Gasteiger partial charge in [0.15, 0.2) is 5.09 Å². The maximum Gasteiger partial charge on any atom is 0.157 e. The van der Waals surface area contributed by atoms with Crippen molar-refractivity contribution < 1.29 is 4.42 Å². The fraction of sp³-hybridized carbons (Fsp3) is 0.750. The van der Waals surface area contributed by atoms with Gasteiger partial charge in [0.25, 0.3) is 0 Å². The summed E-state index contributed by atoms with van der Waals surface area (Å²) in [4.78, 5) is 0. The zero-order valence-corrected chi connectivity index (χ0v) is 12.7. The van der Waals surface area contributed by atoms with Crippen molar-refractivity contribution in [2.24, 2.45) is 0 Å². The van der Waals surface area contributed by atoms with Crippen molar-refractivity contribution in [2.75, 3.05) is 0 Å². The van der Waals surface area contributed by atoms with E-state index in [0.717, 1.165) is 17.3 Å². The Kier molecular flexibility index (Phi) is 9.19. The summed E-state index contributed by atoms with van der Waals surface area (Å²) in [6.45, 7) is 2.27. The van der Waals surface area contributed by atoms with Crippen LogP contribution < -0.4 is 0 Å². The first-order valence-electron chi connectivity index (χ1n) is 7.60. The van der Waals surface area contributed by atoms with Gasteiger partial charge in [0.1, 0.15) is 5.76 Å². The van der Waals surface area contributed by atoms with E-state index in [1.807, 2.05) is 12.1 Å². The minimum Gasteiger partial charge on any atom is -0.455 e. The molecule has 0 fully saturated rings. The van der Waals surface area contributed by atoms with E-state index in [1.54, 1.807) is 0 Å². The van der Waals surface area contributed by atoms with Crippen LogP contribution in [0.2, 0.25) is 0 Å². The normalized spacial score (nSPS) is 11.0. The molecule has 18 heavy (non-hydrogen) atoms.